The molecule has 2 aromatic heterocycles. The molecule has 0 amide bonds. The van der Waals surface area contributed by atoms with Crippen LogP contribution in [0.5, 0.6) is 0 Å². The fraction of sp³-hybridized carbons (Fsp3) is 0.100. The molecule has 0 aliphatic carbocycles. The van der Waals surface area contributed by atoms with Crippen LogP contribution in [0.1, 0.15) is 5.69 Å². The summed E-state index contributed by atoms with van der Waals surface area (Å²) in [6, 6.07) is 1.34. The molecule has 0 aliphatic heterocycles. The molecule has 2 heterocycles. The van der Waals surface area contributed by atoms with Gasteiger partial charge in [-0.05, 0) is 19.1 Å². The Morgan fingerprint density at radius 2 is 2.31 bits per heavy atom. The molecule has 0 bridgehead atoms. The molecule has 6 heteroatoms. The van der Waals surface area contributed by atoms with Crippen molar-refractivity contribution in [1.82, 2.24) is 14.8 Å². The molecule has 0 spiro atoms. The van der Waals surface area contributed by atoms with Gasteiger partial charge in [-0.2, -0.15) is 10.1 Å². The molecule has 80 valence electrons. The maximum Gasteiger partial charge on any atom is 0.143 e. The van der Waals surface area contributed by atoms with Crippen LogP contribution in [0.25, 0.3) is 5.69 Å². The zero-order chi connectivity index (χ0) is 11.5. The van der Waals surface area contributed by atoms with Gasteiger partial charge < -0.3 is 0 Å². The first-order valence-corrected chi connectivity index (χ1v) is 4.86. The second-order valence-electron chi connectivity index (χ2n) is 3.11. The Kier molecular flexibility index (Phi) is 2.85. The van der Waals surface area contributed by atoms with Crippen molar-refractivity contribution < 1.29 is 4.39 Å². The van der Waals surface area contributed by atoms with Crippen LogP contribution in [0.3, 0.4) is 0 Å². The lowest BCUT2D eigenvalue weighted by Crippen LogP contribution is -1.96. The van der Waals surface area contributed by atoms with E-state index in [1.165, 1.54) is 16.9 Å². The number of hydrogen-bond donors (Lipinski definition) is 0. The molecule has 0 saturated heterocycles. The first-order chi connectivity index (χ1) is 7.70. The van der Waals surface area contributed by atoms with E-state index in [9.17, 15) is 4.39 Å². The third kappa shape index (κ3) is 2.03. The summed E-state index contributed by atoms with van der Waals surface area (Å²) in [7, 11) is 0. The summed E-state index contributed by atoms with van der Waals surface area (Å²) in [5, 5.41) is 6.44. The van der Waals surface area contributed by atoms with E-state index in [-0.39, 0.29) is 0 Å². The van der Waals surface area contributed by atoms with E-state index in [1.54, 1.807) is 13.1 Å². The normalized spacial score (nSPS) is 9.88. The van der Waals surface area contributed by atoms with Crippen LogP contribution < -0.4 is 0 Å². The molecule has 0 radical (unpaired) electrons. The van der Waals surface area contributed by atoms with Crippen molar-refractivity contribution in [3.05, 3.63) is 36.2 Å². The van der Waals surface area contributed by atoms with Gasteiger partial charge >= 0.3 is 0 Å². The second-order valence-corrected chi connectivity index (χ2v) is 3.29. The van der Waals surface area contributed by atoms with Crippen LogP contribution >= 0.6 is 12.2 Å². The van der Waals surface area contributed by atoms with Gasteiger partial charge in [-0.15, -0.1) is 0 Å². The average Bonchev–Trinajstić information content (AvgIpc) is 2.61. The van der Waals surface area contributed by atoms with Crippen molar-refractivity contribution in [2.45, 2.75) is 6.92 Å². The maximum absolute atomic E-state index is 13.0. The number of pyridine rings is 1. The third-order valence-electron chi connectivity index (χ3n) is 1.99. The van der Waals surface area contributed by atoms with Gasteiger partial charge in [0, 0.05) is 6.07 Å². The number of hydrogen-bond acceptors (Lipinski definition) is 4. The standard InChI is InChI=1S/C10H7FN4S/c1-7-10(13-6-16)5-15(14-7)9-2-8(11)3-12-4-9/h2-5H,1H3. The quantitative estimate of drug-likeness (QED) is 0.592. The molecule has 0 atom stereocenters. The minimum absolute atomic E-state index is 0.412. The summed E-state index contributed by atoms with van der Waals surface area (Å²) in [5.41, 5.74) is 1.84. The number of thiocarbonyl (C=S) groups is 1. The van der Waals surface area contributed by atoms with Crippen LogP contribution in [0.2, 0.25) is 0 Å². The fourth-order valence-corrected chi connectivity index (χ4v) is 1.37. The zero-order valence-corrected chi connectivity index (χ0v) is 9.20. The van der Waals surface area contributed by atoms with E-state index in [2.05, 4.69) is 32.5 Å². The zero-order valence-electron chi connectivity index (χ0n) is 8.38. The van der Waals surface area contributed by atoms with Crippen LogP contribution in [0, 0.1) is 12.7 Å². The minimum atomic E-state index is -0.412. The Morgan fingerprint density at radius 3 is 3.00 bits per heavy atom. The fourth-order valence-electron chi connectivity index (χ4n) is 1.27. The van der Waals surface area contributed by atoms with Crippen LogP contribution in [0.15, 0.2) is 29.6 Å². The van der Waals surface area contributed by atoms with Gasteiger partial charge in [-0.3, -0.25) is 4.98 Å². The monoisotopic (exact) mass is 234 g/mol. The molecular formula is C10H7FN4S. The second kappa shape index (κ2) is 4.30. The first-order valence-electron chi connectivity index (χ1n) is 4.46. The van der Waals surface area contributed by atoms with E-state index in [0.717, 1.165) is 6.20 Å². The van der Waals surface area contributed by atoms with Crippen molar-refractivity contribution in [3.8, 4) is 5.69 Å². The van der Waals surface area contributed by atoms with Gasteiger partial charge in [0.05, 0.1) is 35.1 Å². The van der Waals surface area contributed by atoms with Gasteiger partial charge in [0.25, 0.3) is 0 Å². The van der Waals surface area contributed by atoms with Gasteiger partial charge in [0.1, 0.15) is 11.5 Å². The van der Waals surface area contributed by atoms with Crippen LogP contribution in [-0.2, 0) is 0 Å². The molecule has 0 aromatic carbocycles. The Balaban J connectivity index is 2.49. The summed E-state index contributed by atoms with van der Waals surface area (Å²) in [5.74, 6) is -0.412. The number of aromatic nitrogens is 3. The van der Waals surface area contributed by atoms with Crippen molar-refractivity contribution in [3.63, 3.8) is 0 Å². The summed E-state index contributed by atoms with van der Waals surface area (Å²) < 4.78 is 14.4. The van der Waals surface area contributed by atoms with E-state index in [0.29, 0.717) is 17.1 Å². The Morgan fingerprint density at radius 1 is 1.50 bits per heavy atom. The van der Waals surface area contributed by atoms with Crippen LogP contribution in [-0.4, -0.2) is 19.9 Å². The number of rotatable bonds is 2. The third-order valence-corrected chi connectivity index (χ3v) is 2.09. The molecule has 4 nitrogen and oxygen atoms in total. The van der Waals surface area contributed by atoms with Gasteiger partial charge in [-0.1, -0.05) is 0 Å². The van der Waals surface area contributed by atoms with Crippen LogP contribution in [0.4, 0.5) is 10.1 Å². The largest absolute Gasteiger partial charge is 0.259 e. The van der Waals surface area contributed by atoms with E-state index in [4.69, 9.17) is 0 Å². The minimum Gasteiger partial charge on any atom is -0.259 e. The highest BCUT2D eigenvalue weighted by atomic mass is 32.1. The van der Waals surface area contributed by atoms with Crippen molar-refractivity contribution in [1.29, 1.82) is 0 Å². The SMILES string of the molecule is Cc1nn(-c2cncc(F)c2)cc1N=C=S. The van der Waals surface area contributed by atoms with Gasteiger partial charge in [0.15, 0.2) is 0 Å². The summed E-state index contributed by atoms with van der Waals surface area (Å²) >= 11 is 4.51. The molecule has 0 saturated carbocycles. The number of isothiocyanates is 1. The Bertz CT molecular complexity index is 572. The number of aryl methyl sites for hydroxylation is 1. The Hall–Kier alpha value is -1.91. The smallest absolute Gasteiger partial charge is 0.143 e. The van der Waals surface area contributed by atoms with E-state index in [1.807, 2.05) is 0 Å². The maximum atomic E-state index is 13.0. The van der Waals surface area contributed by atoms with Crippen molar-refractivity contribution in [2.24, 2.45) is 4.99 Å². The Labute approximate surface area is 96.5 Å². The topological polar surface area (TPSA) is 43.1 Å². The molecule has 0 aliphatic rings. The van der Waals surface area contributed by atoms with E-state index >= 15 is 0 Å². The molecule has 2 aromatic rings. The molecular weight excluding hydrogens is 227 g/mol. The summed E-state index contributed by atoms with van der Waals surface area (Å²) in [4.78, 5) is 7.58. The van der Waals surface area contributed by atoms with Crippen molar-refractivity contribution >= 4 is 23.1 Å². The summed E-state index contributed by atoms with van der Waals surface area (Å²) in [6.45, 7) is 1.79. The van der Waals surface area contributed by atoms with Crippen molar-refractivity contribution in [2.75, 3.05) is 0 Å². The number of halogens is 1. The predicted molar refractivity (Wildman–Crippen MR) is 60.7 cm³/mol. The number of nitrogens with zero attached hydrogens (tertiary/aromatic N) is 4. The average molecular weight is 234 g/mol. The predicted octanol–water partition coefficient (Wildman–Crippen LogP) is 2.45. The van der Waals surface area contributed by atoms with Gasteiger partial charge in [-0.25, -0.2) is 9.07 Å². The molecule has 0 unspecified atom stereocenters. The lowest BCUT2D eigenvalue weighted by atomic mass is 10.4. The highest BCUT2D eigenvalue weighted by Crippen LogP contribution is 2.18. The van der Waals surface area contributed by atoms with Gasteiger partial charge in [0.2, 0.25) is 0 Å². The highest BCUT2D eigenvalue weighted by molar-refractivity contribution is 7.78. The molecule has 0 N–H and O–H groups in total. The lowest BCUT2D eigenvalue weighted by Gasteiger charge is -1.98. The molecule has 0 fully saturated rings. The first kappa shape index (κ1) is 10.6. The molecule has 2 rings (SSSR count). The lowest BCUT2D eigenvalue weighted by molar-refractivity contribution is 0.618. The highest BCUT2D eigenvalue weighted by Gasteiger charge is 2.05. The summed E-state index contributed by atoms with van der Waals surface area (Å²) in [6.07, 6.45) is 4.29. The number of aliphatic imine (C=N–C) groups is 1. The van der Waals surface area contributed by atoms with E-state index < -0.39 is 5.82 Å². The molecule has 16 heavy (non-hydrogen) atoms.